The molecule has 0 saturated carbocycles. The standard InChI is InChI=1S/C18H26N2O/c1-18(2,20(3)4)13-19-12-17(21)16-10-9-14-7-5-6-8-15(14)11-16/h5-11,17,19,21H,12-13H2,1-4H3. The largest absolute Gasteiger partial charge is 0.387 e. The minimum absolute atomic E-state index is 0.0725. The van der Waals surface area contributed by atoms with E-state index < -0.39 is 6.10 Å². The zero-order chi connectivity index (χ0) is 15.5. The second-order valence-electron chi connectivity index (χ2n) is 6.46. The summed E-state index contributed by atoms with van der Waals surface area (Å²) in [5, 5.41) is 16.1. The number of rotatable bonds is 6. The second kappa shape index (κ2) is 6.56. The molecule has 2 N–H and O–H groups in total. The number of likely N-dealkylation sites (N-methyl/N-ethyl adjacent to an activating group) is 1. The maximum atomic E-state index is 10.3. The van der Waals surface area contributed by atoms with Crippen LogP contribution in [0.25, 0.3) is 10.8 Å². The minimum atomic E-state index is -0.479. The van der Waals surface area contributed by atoms with Crippen molar-refractivity contribution < 1.29 is 5.11 Å². The molecule has 3 heteroatoms. The first-order chi connectivity index (χ1) is 9.90. The molecule has 3 nitrogen and oxygen atoms in total. The summed E-state index contributed by atoms with van der Waals surface area (Å²) in [6, 6.07) is 14.4. The van der Waals surface area contributed by atoms with Crippen LogP contribution in [0.2, 0.25) is 0 Å². The average molecular weight is 286 g/mol. The smallest absolute Gasteiger partial charge is 0.0914 e. The van der Waals surface area contributed by atoms with Crippen LogP contribution in [0.5, 0.6) is 0 Å². The van der Waals surface area contributed by atoms with Gasteiger partial charge in [-0.2, -0.15) is 0 Å². The van der Waals surface area contributed by atoms with E-state index in [1.807, 2.05) is 18.2 Å². The number of aliphatic hydroxyl groups excluding tert-OH is 1. The van der Waals surface area contributed by atoms with Crippen LogP contribution >= 0.6 is 0 Å². The normalized spacial score (nSPS) is 13.8. The van der Waals surface area contributed by atoms with Crippen LogP contribution < -0.4 is 5.32 Å². The van der Waals surface area contributed by atoms with Gasteiger partial charge in [0.2, 0.25) is 0 Å². The lowest BCUT2D eigenvalue weighted by atomic mass is 10.0. The topological polar surface area (TPSA) is 35.5 Å². The number of benzene rings is 2. The van der Waals surface area contributed by atoms with Gasteiger partial charge in [0.25, 0.3) is 0 Å². The van der Waals surface area contributed by atoms with Crippen molar-refractivity contribution in [1.82, 2.24) is 10.2 Å². The number of hydrogen-bond donors (Lipinski definition) is 2. The maximum absolute atomic E-state index is 10.3. The first kappa shape index (κ1) is 16.0. The van der Waals surface area contributed by atoms with E-state index in [1.54, 1.807) is 0 Å². The van der Waals surface area contributed by atoms with Crippen LogP contribution in [-0.4, -0.2) is 42.7 Å². The molecule has 0 bridgehead atoms. The summed E-state index contributed by atoms with van der Waals surface area (Å²) in [7, 11) is 4.14. The average Bonchev–Trinajstić information content (AvgIpc) is 2.46. The third-order valence-corrected chi connectivity index (χ3v) is 4.26. The Morgan fingerprint density at radius 1 is 1.10 bits per heavy atom. The van der Waals surface area contributed by atoms with Crippen molar-refractivity contribution in [3.8, 4) is 0 Å². The van der Waals surface area contributed by atoms with Crippen molar-refractivity contribution in [2.75, 3.05) is 27.2 Å². The summed E-state index contributed by atoms with van der Waals surface area (Å²) < 4.78 is 0. The molecule has 1 unspecified atom stereocenters. The fourth-order valence-corrected chi connectivity index (χ4v) is 2.21. The molecule has 0 heterocycles. The monoisotopic (exact) mass is 286 g/mol. The predicted octanol–water partition coefficient (Wildman–Crippen LogP) is 2.80. The van der Waals surface area contributed by atoms with Crippen LogP contribution in [0.4, 0.5) is 0 Å². The van der Waals surface area contributed by atoms with E-state index in [2.05, 4.69) is 62.4 Å². The van der Waals surface area contributed by atoms with Gasteiger partial charge in [0.05, 0.1) is 6.10 Å². The third kappa shape index (κ3) is 4.03. The van der Waals surface area contributed by atoms with Crippen LogP contribution in [-0.2, 0) is 0 Å². The first-order valence-corrected chi connectivity index (χ1v) is 7.45. The summed E-state index contributed by atoms with van der Waals surface area (Å²) in [5.41, 5.74) is 1.03. The van der Waals surface area contributed by atoms with Crippen molar-refractivity contribution in [3.63, 3.8) is 0 Å². The highest BCUT2D eigenvalue weighted by Gasteiger charge is 2.20. The SMILES string of the molecule is CN(C)C(C)(C)CNCC(O)c1ccc2ccccc2c1. The maximum Gasteiger partial charge on any atom is 0.0914 e. The Bertz CT molecular complexity index is 593. The first-order valence-electron chi connectivity index (χ1n) is 7.45. The van der Waals surface area contributed by atoms with Crippen molar-refractivity contribution in [2.24, 2.45) is 0 Å². The van der Waals surface area contributed by atoms with E-state index in [-0.39, 0.29) is 5.54 Å². The molecule has 21 heavy (non-hydrogen) atoms. The molecule has 1 atom stereocenters. The third-order valence-electron chi connectivity index (χ3n) is 4.26. The molecule has 0 aromatic heterocycles. The number of fused-ring (bicyclic) bond motifs is 1. The van der Waals surface area contributed by atoms with Crippen molar-refractivity contribution >= 4 is 10.8 Å². The molecule has 0 spiro atoms. The van der Waals surface area contributed by atoms with E-state index in [1.165, 1.54) is 10.8 Å². The Morgan fingerprint density at radius 2 is 1.76 bits per heavy atom. The van der Waals surface area contributed by atoms with Crippen molar-refractivity contribution in [3.05, 3.63) is 48.0 Å². The van der Waals surface area contributed by atoms with E-state index in [0.717, 1.165) is 12.1 Å². The molecular formula is C18H26N2O. The van der Waals surface area contributed by atoms with E-state index in [0.29, 0.717) is 6.54 Å². The Balaban J connectivity index is 1.97. The van der Waals surface area contributed by atoms with Gasteiger partial charge in [0.15, 0.2) is 0 Å². The van der Waals surface area contributed by atoms with Gasteiger partial charge in [-0.25, -0.2) is 0 Å². The Morgan fingerprint density at radius 3 is 2.43 bits per heavy atom. The summed E-state index contributed by atoms with van der Waals surface area (Å²) in [6.45, 7) is 5.77. The fraction of sp³-hybridized carbons (Fsp3) is 0.444. The van der Waals surface area contributed by atoms with Crippen molar-refractivity contribution in [1.29, 1.82) is 0 Å². The molecule has 0 fully saturated rings. The molecular weight excluding hydrogens is 260 g/mol. The van der Waals surface area contributed by atoms with Crippen LogP contribution in [0.3, 0.4) is 0 Å². The van der Waals surface area contributed by atoms with E-state index >= 15 is 0 Å². The van der Waals surface area contributed by atoms with Crippen molar-refractivity contribution in [2.45, 2.75) is 25.5 Å². The van der Waals surface area contributed by atoms with Crippen LogP contribution in [0, 0.1) is 0 Å². The van der Waals surface area contributed by atoms with Gasteiger partial charge in [0.1, 0.15) is 0 Å². The highest BCUT2D eigenvalue weighted by atomic mass is 16.3. The number of nitrogens with one attached hydrogen (secondary N) is 1. The molecule has 0 aliphatic rings. The predicted molar refractivity (Wildman–Crippen MR) is 89.5 cm³/mol. The Labute approximate surface area is 127 Å². The Kier molecular flexibility index (Phi) is 4.99. The molecule has 0 amide bonds. The molecule has 2 aromatic rings. The highest BCUT2D eigenvalue weighted by molar-refractivity contribution is 5.83. The fourth-order valence-electron chi connectivity index (χ4n) is 2.21. The van der Waals surface area contributed by atoms with E-state index in [9.17, 15) is 5.11 Å². The molecule has 2 aromatic carbocycles. The summed E-state index contributed by atoms with van der Waals surface area (Å²) in [6.07, 6.45) is -0.479. The molecule has 2 rings (SSSR count). The quantitative estimate of drug-likeness (QED) is 0.857. The summed E-state index contributed by atoms with van der Waals surface area (Å²) in [4.78, 5) is 2.18. The van der Waals surface area contributed by atoms with Gasteiger partial charge in [0, 0.05) is 18.6 Å². The van der Waals surface area contributed by atoms with E-state index in [4.69, 9.17) is 0 Å². The van der Waals surface area contributed by atoms with Gasteiger partial charge in [-0.3, -0.25) is 0 Å². The van der Waals surface area contributed by atoms with Gasteiger partial charge < -0.3 is 15.3 Å². The molecule has 0 saturated heterocycles. The minimum Gasteiger partial charge on any atom is -0.387 e. The van der Waals surface area contributed by atoms with Gasteiger partial charge in [-0.15, -0.1) is 0 Å². The molecule has 0 radical (unpaired) electrons. The lowest BCUT2D eigenvalue weighted by Crippen LogP contribution is -2.47. The molecule has 0 aliphatic heterocycles. The molecule has 114 valence electrons. The van der Waals surface area contributed by atoms with Crippen LogP contribution in [0.1, 0.15) is 25.5 Å². The zero-order valence-electron chi connectivity index (χ0n) is 13.4. The number of aliphatic hydroxyl groups is 1. The van der Waals surface area contributed by atoms with Gasteiger partial charge in [-0.05, 0) is 50.3 Å². The lowest BCUT2D eigenvalue weighted by molar-refractivity contribution is 0.152. The summed E-state index contributed by atoms with van der Waals surface area (Å²) in [5.74, 6) is 0. The number of nitrogens with zero attached hydrogens (tertiary/aromatic N) is 1. The summed E-state index contributed by atoms with van der Waals surface area (Å²) >= 11 is 0. The molecule has 0 aliphatic carbocycles. The van der Waals surface area contributed by atoms with Crippen LogP contribution in [0.15, 0.2) is 42.5 Å². The zero-order valence-corrected chi connectivity index (χ0v) is 13.4. The van der Waals surface area contributed by atoms with Gasteiger partial charge >= 0.3 is 0 Å². The lowest BCUT2D eigenvalue weighted by Gasteiger charge is -2.33. The Hall–Kier alpha value is -1.42. The number of hydrogen-bond acceptors (Lipinski definition) is 3. The second-order valence-corrected chi connectivity index (χ2v) is 6.46. The van der Waals surface area contributed by atoms with Gasteiger partial charge in [-0.1, -0.05) is 36.4 Å². The highest BCUT2D eigenvalue weighted by Crippen LogP contribution is 2.20.